The third-order valence-corrected chi connectivity index (χ3v) is 2.96. The van der Waals surface area contributed by atoms with E-state index < -0.39 is 0 Å². The number of hydrogen-bond acceptors (Lipinski definition) is 1. The maximum absolute atomic E-state index is 11.6. The first-order valence-electron chi connectivity index (χ1n) is 5.35. The number of alkyl halides is 1. The molecular formula is C13H18BrNO. The molecule has 2 nitrogen and oxygen atoms in total. The molecule has 0 heterocycles. The smallest absolute Gasteiger partial charge is 0.225 e. The number of carbonyl (C=O) groups is 1. The number of halogens is 1. The van der Waals surface area contributed by atoms with E-state index in [2.05, 4.69) is 33.4 Å². The number of carbonyl (C=O) groups excluding carboxylic acids is 1. The molecule has 1 N–H and O–H groups in total. The molecule has 0 bridgehead atoms. The van der Waals surface area contributed by atoms with Gasteiger partial charge in [-0.05, 0) is 11.1 Å². The van der Waals surface area contributed by atoms with Crippen LogP contribution in [0.15, 0.2) is 24.3 Å². The molecule has 0 radical (unpaired) electrons. The Labute approximate surface area is 106 Å². The predicted octanol–water partition coefficient (Wildman–Crippen LogP) is 3.24. The van der Waals surface area contributed by atoms with Crippen molar-refractivity contribution in [3.8, 4) is 0 Å². The lowest BCUT2D eigenvalue weighted by atomic mass is 9.95. The predicted molar refractivity (Wildman–Crippen MR) is 70.4 cm³/mol. The summed E-state index contributed by atoms with van der Waals surface area (Å²) in [5, 5.41) is 3.79. The molecule has 0 atom stereocenters. The highest BCUT2D eigenvalue weighted by Gasteiger charge is 2.20. The van der Waals surface area contributed by atoms with Crippen LogP contribution in [-0.2, 0) is 16.7 Å². The zero-order valence-electron chi connectivity index (χ0n) is 10.0. The molecular weight excluding hydrogens is 266 g/mol. The molecule has 3 heteroatoms. The van der Waals surface area contributed by atoms with Gasteiger partial charge in [0.2, 0.25) is 5.91 Å². The lowest BCUT2D eigenvalue weighted by Crippen LogP contribution is -2.34. The molecule has 1 aromatic carbocycles. The Hall–Kier alpha value is -0.830. The number of rotatable bonds is 3. The Bertz CT molecular complexity index is 351. The zero-order chi connectivity index (χ0) is 12.2. The fourth-order valence-corrected chi connectivity index (χ4v) is 1.57. The molecule has 0 spiro atoms. The highest BCUT2D eigenvalue weighted by molar-refractivity contribution is 9.08. The van der Waals surface area contributed by atoms with Crippen LogP contribution in [0.25, 0.3) is 0 Å². The summed E-state index contributed by atoms with van der Waals surface area (Å²) in [5.41, 5.74) is 2.05. The molecule has 0 aromatic heterocycles. The maximum atomic E-state index is 11.6. The van der Waals surface area contributed by atoms with Crippen LogP contribution in [0.3, 0.4) is 0 Å². The normalized spacial score (nSPS) is 11.2. The van der Waals surface area contributed by atoms with E-state index in [0.717, 1.165) is 10.9 Å². The van der Waals surface area contributed by atoms with E-state index in [0.29, 0.717) is 6.54 Å². The van der Waals surface area contributed by atoms with E-state index in [4.69, 9.17) is 0 Å². The van der Waals surface area contributed by atoms with E-state index in [1.54, 1.807) is 0 Å². The summed E-state index contributed by atoms with van der Waals surface area (Å²) in [6.07, 6.45) is 0. The number of hydrogen-bond donors (Lipinski definition) is 1. The van der Waals surface area contributed by atoms with Gasteiger partial charge in [0.05, 0.1) is 0 Å². The van der Waals surface area contributed by atoms with Gasteiger partial charge in [0.15, 0.2) is 0 Å². The van der Waals surface area contributed by atoms with Crippen molar-refractivity contribution in [2.75, 3.05) is 0 Å². The monoisotopic (exact) mass is 283 g/mol. The fourth-order valence-electron chi connectivity index (χ4n) is 1.19. The van der Waals surface area contributed by atoms with Crippen LogP contribution in [0, 0.1) is 5.41 Å². The Balaban J connectivity index is 2.52. The average molecular weight is 284 g/mol. The molecule has 88 valence electrons. The molecule has 1 rings (SSSR count). The lowest BCUT2D eigenvalue weighted by molar-refractivity contribution is -0.128. The largest absolute Gasteiger partial charge is 0.352 e. The second kappa shape index (κ2) is 5.48. The number of nitrogens with one attached hydrogen (secondary N) is 1. The lowest BCUT2D eigenvalue weighted by Gasteiger charge is -2.17. The van der Waals surface area contributed by atoms with E-state index in [1.165, 1.54) is 5.56 Å². The molecule has 0 aliphatic carbocycles. The van der Waals surface area contributed by atoms with Crippen LogP contribution in [0.5, 0.6) is 0 Å². The summed E-state index contributed by atoms with van der Waals surface area (Å²) in [6, 6.07) is 8.21. The van der Waals surface area contributed by atoms with E-state index >= 15 is 0 Å². The fraction of sp³-hybridized carbons (Fsp3) is 0.462. The molecule has 0 saturated carbocycles. The van der Waals surface area contributed by atoms with E-state index in [9.17, 15) is 4.79 Å². The van der Waals surface area contributed by atoms with Crippen molar-refractivity contribution in [1.29, 1.82) is 0 Å². The second-order valence-electron chi connectivity index (χ2n) is 4.88. The van der Waals surface area contributed by atoms with Crippen LogP contribution >= 0.6 is 15.9 Å². The Kier molecular flexibility index (Phi) is 4.54. The van der Waals surface area contributed by atoms with Crippen LogP contribution in [0.4, 0.5) is 0 Å². The van der Waals surface area contributed by atoms with Crippen LogP contribution in [0.2, 0.25) is 0 Å². The van der Waals surface area contributed by atoms with Crippen molar-refractivity contribution >= 4 is 21.8 Å². The first-order valence-corrected chi connectivity index (χ1v) is 6.47. The van der Waals surface area contributed by atoms with Gasteiger partial charge in [-0.25, -0.2) is 0 Å². The molecule has 16 heavy (non-hydrogen) atoms. The molecule has 0 aliphatic heterocycles. The van der Waals surface area contributed by atoms with Crippen molar-refractivity contribution in [2.45, 2.75) is 32.6 Å². The first kappa shape index (κ1) is 13.2. The third-order valence-electron chi connectivity index (χ3n) is 2.31. The van der Waals surface area contributed by atoms with Crippen molar-refractivity contribution in [3.05, 3.63) is 35.4 Å². The minimum absolute atomic E-state index is 0.0806. The van der Waals surface area contributed by atoms with E-state index in [1.807, 2.05) is 32.9 Å². The number of amides is 1. The minimum atomic E-state index is -0.324. The maximum Gasteiger partial charge on any atom is 0.225 e. The molecule has 0 unspecified atom stereocenters. The SMILES string of the molecule is CC(C)(C)C(=O)NCc1ccc(CBr)cc1. The van der Waals surface area contributed by atoms with Gasteiger partial charge in [-0.2, -0.15) is 0 Å². The van der Waals surface area contributed by atoms with Crippen molar-refractivity contribution in [1.82, 2.24) is 5.32 Å². The van der Waals surface area contributed by atoms with Crippen LogP contribution in [0.1, 0.15) is 31.9 Å². The van der Waals surface area contributed by atoms with E-state index in [-0.39, 0.29) is 11.3 Å². The quantitative estimate of drug-likeness (QED) is 0.848. The van der Waals surface area contributed by atoms with Crippen LogP contribution < -0.4 is 5.32 Å². The summed E-state index contributed by atoms with van der Waals surface area (Å²) in [5.74, 6) is 0.0806. The van der Waals surface area contributed by atoms with Crippen molar-refractivity contribution in [2.24, 2.45) is 5.41 Å². The van der Waals surface area contributed by atoms with Gasteiger partial charge in [0.25, 0.3) is 0 Å². The summed E-state index contributed by atoms with van der Waals surface area (Å²) >= 11 is 3.40. The minimum Gasteiger partial charge on any atom is -0.352 e. The topological polar surface area (TPSA) is 29.1 Å². The molecule has 0 fully saturated rings. The van der Waals surface area contributed by atoms with Crippen LogP contribution in [-0.4, -0.2) is 5.91 Å². The highest BCUT2D eigenvalue weighted by Crippen LogP contribution is 2.13. The summed E-state index contributed by atoms with van der Waals surface area (Å²) < 4.78 is 0. The van der Waals surface area contributed by atoms with Gasteiger partial charge in [-0.15, -0.1) is 0 Å². The Morgan fingerprint density at radius 3 is 2.12 bits per heavy atom. The molecule has 1 amide bonds. The van der Waals surface area contributed by atoms with Gasteiger partial charge in [0.1, 0.15) is 0 Å². The highest BCUT2D eigenvalue weighted by atomic mass is 79.9. The summed E-state index contributed by atoms with van der Waals surface area (Å²) in [4.78, 5) is 11.6. The van der Waals surface area contributed by atoms with Gasteiger partial charge in [0, 0.05) is 17.3 Å². The Morgan fingerprint density at radius 2 is 1.69 bits per heavy atom. The summed E-state index contributed by atoms with van der Waals surface area (Å²) in [7, 11) is 0. The Morgan fingerprint density at radius 1 is 1.19 bits per heavy atom. The number of benzene rings is 1. The molecule has 0 aliphatic rings. The van der Waals surface area contributed by atoms with Gasteiger partial charge >= 0.3 is 0 Å². The standard InChI is InChI=1S/C13H18BrNO/c1-13(2,3)12(16)15-9-11-6-4-10(8-14)5-7-11/h4-7H,8-9H2,1-3H3,(H,15,16). The second-order valence-corrected chi connectivity index (χ2v) is 5.44. The van der Waals surface area contributed by atoms with Crippen molar-refractivity contribution < 1.29 is 4.79 Å². The zero-order valence-corrected chi connectivity index (χ0v) is 11.6. The van der Waals surface area contributed by atoms with Gasteiger partial charge < -0.3 is 5.32 Å². The van der Waals surface area contributed by atoms with Gasteiger partial charge in [-0.1, -0.05) is 61.0 Å². The molecule has 1 aromatic rings. The molecule has 0 saturated heterocycles. The van der Waals surface area contributed by atoms with Gasteiger partial charge in [-0.3, -0.25) is 4.79 Å². The third kappa shape index (κ3) is 3.97. The average Bonchev–Trinajstić information content (AvgIpc) is 2.25. The first-order chi connectivity index (χ1) is 7.43. The van der Waals surface area contributed by atoms with Crippen molar-refractivity contribution in [3.63, 3.8) is 0 Å². The summed E-state index contributed by atoms with van der Waals surface area (Å²) in [6.45, 7) is 6.33.